The lowest BCUT2D eigenvalue weighted by Gasteiger charge is -2.09. The fraction of sp³-hybridized carbons (Fsp3) is 0.200. The van der Waals surface area contributed by atoms with Crippen LogP contribution in [-0.2, 0) is 20.6 Å². The molecule has 1 aliphatic heterocycles. The van der Waals surface area contributed by atoms with Crippen molar-refractivity contribution in [1.29, 1.82) is 0 Å². The quantitative estimate of drug-likeness (QED) is 0.726. The van der Waals surface area contributed by atoms with Crippen LogP contribution in [-0.4, -0.2) is 30.8 Å². The predicted octanol–water partition coefficient (Wildman–Crippen LogP) is 1.95. The average Bonchev–Trinajstić information content (AvgIpc) is 3.20. The summed E-state index contributed by atoms with van der Waals surface area (Å²) in [6.07, 6.45) is 8.63. The van der Waals surface area contributed by atoms with Gasteiger partial charge in [0.05, 0.1) is 24.6 Å². The van der Waals surface area contributed by atoms with Crippen molar-refractivity contribution in [3.05, 3.63) is 41.7 Å². The van der Waals surface area contributed by atoms with Crippen molar-refractivity contribution in [3.8, 4) is 22.5 Å². The van der Waals surface area contributed by atoms with Gasteiger partial charge >= 0.3 is 0 Å². The summed E-state index contributed by atoms with van der Waals surface area (Å²) in [6.45, 7) is 0.338. The molecule has 0 fully saturated rings. The highest BCUT2D eigenvalue weighted by atomic mass is 19.1. The standard InChI is InChI=1S/C15H13FN6/c1-21-7-9(3-18-21)14-12-6-17-5-11(12)13(16)15(20-14)10-4-19-22(2)8-10/h3-4,6-8H,5H2,1-2H3. The molecule has 22 heavy (non-hydrogen) atoms. The molecule has 0 spiro atoms. The molecule has 0 amide bonds. The van der Waals surface area contributed by atoms with Crippen LogP contribution in [0.3, 0.4) is 0 Å². The van der Waals surface area contributed by atoms with E-state index in [0.717, 1.165) is 11.1 Å². The molecule has 3 aromatic heterocycles. The van der Waals surface area contributed by atoms with Gasteiger partial charge in [0.2, 0.25) is 0 Å². The van der Waals surface area contributed by atoms with Gasteiger partial charge in [-0.2, -0.15) is 10.2 Å². The van der Waals surface area contributed by atoms with Crippen LogP contribution in [0.25, 0.3) is 22.5 Å². The number of aliphatic imine (C=N–C) groups is 1. The summed E-state index contributed by atoms with van der Waals surface area (Å²) < 4.78 is 18.1. The third-order valence-electron chi connectivity index (χ3n) is 3.70. The fourth-order valence-corrected chi connectivity index (χ4v) is 2.65. The van der Waals surface area contributed by atoms with E-state index in [2.05, 4.69) is 20.2 Å². The molecule has 3 aromatic rings. The zero-order chi connectivity index (χ0) is 15.3. The Balaban J connectivity index is 1.98. The first-order chi connectivity index (χ1) is 10.6. The number of halogens is 1. The molecular weight excluding hydrogens is 283 g/mol. The van der Waals surface area contributed by atoms with Crippen LogP contribution >= 0.6 is 0 Å². The van der Waals surface area contributed by atoms with Gasteiger partial charge in [0.15, 0.2) is 5.82 Å². The average molecular weight is 296 g/mol. The Morgan fingerprint density at radius 2 is 1.64 bits per heavy atom. The Bertz CT molecular complexity index is 905. The number of pyridine rings is 1. The minimum atomic E-state index is -0.326. The lowest BCUT2D eigenvalue weighted by Crippen LogP contribution is -2.01. The van der Waals surface area contributed by atoms with Gasteiger partial charge in [-0.25, -0.2) is 9.37 Å². The Kier molecular flexibility index (Phi) is 2.69. The molecule has 110 valence electrons. The SMILES string of the molecule is Cn1cc(-c2nc(-c3cnn(C)c3)c3c(c2F)CN=C3)cn1. The number of hydrogen-bond acceptors (Lipinski definition) is 4. The number of hydrogen-bond donors (Lipinski definition) is 0. The van der Waals surface area contributed by atoms with Crippen LogP contribution in [0.2, 0.25) is 0 Å². The molecule has 0 unspecified atom stereocenters. The molecule has 0 saturated heterocycles. The van der Waals surface area contributed by atoms with Gasteiger partial charge in [-0.1, -0.05) is 0 Å². The molecule has 6 nitrogen and oxygen atoms in total. The Morgan fingerprint density at radius 1 is 1.00 bits per heavy atom. The highest BCUT2D eigenvalue weighted by Gasteiger charge is 2.24. The third-order valence-corrected chi connectivity index (χ3v) is 3.70. The van der Waals surface area contributed by atoms with Gasteiger partial charge in [-0.3, -0.25) is 14.4 Å². The third kappa shape index (κ3) is 1.86. The van der Waals surface area contributed by atoms with E-state index in [1.54, 1.807) is 41.2 Å². The topological polar surface area (TPSA) is 60.9 Å². The first kappa shape index (κ1) is 12.9. The summed E-state index contributed by atoms with van der Waals surface area (Å²) in [6, 6.07) is 0. The molecule has 0 saturated carbocycles. The summed E-state index contributed by atoms with van der Waals surface area (Å²) in [7, 11) is 3.63. The van der Waals surface area contributed by atoms with Crippen LogP contribution in [0.15, 0.2) is 29.8 Å². The maximum Gasteiger partial charge on any atom is 0.155 e. The summed E-state index contributed by atoms with van der Waals surface area (Å²) in [5.74, 6) is -0.326. The van der Waals surface area contributed by atoms with Gasteiger partial charge < -0.3 is 0 Å². The largest absolute Gasteiger partial charge is 0.288 e. The van der Waals surface area contributed by atoms with Crippen molar-refractivity contribution in [2.24, 2.45) is 19.1 Å². The van der Waals surface area contributed by atoms with Gasteiger partial charge in [0.25, 0.3) is 0 Å². The molecule has 0 radical (unpaired) electrons. The number of fused-ring (bicyclic) bond motifs is 1. The van der Waals surface area contributed by atoms with E-state index >= 15 is 0 Å². The molecule has 4 heterocycles. The molecule has 0 aliphatic carbocycles. The highest BCUT2D eigenvalue weighted by molar-refractivity contribution is 5.93. The Labute approximate surface area is 125 Å². The second-order valence-corrected chi connectivity index (χ2v) is 5.29. The summed E-state index contributed by atoms with van der Waals surface area (Å²) in [4.78, 5) is 8.73. The molecule has 7 heteroatoms. The molecule has 0 atom stereocenters. The Hall–Kier alpha value is -2.83. The number of rotatable bonds is 2. The molecule has 0 bridgehead atoms. The van der Waals surface area contributed by atoms with E-state index in [1.807, 2.05) is 13.2 Å². The van der Waals surface area contributed by atoms with Crippen molar-refractivity contribution in [1.82, 2.24) is 24.5 Å². The number of aryl methyl sites for hydroxylation is 2. The number of aromatic nitrogens is 5. The van der Waals surface area contributed by atoms with E-state index in [-0.39, 0.29) is 5.82 Å². The molecule has 4 rings (SSSR count). The number of nitrogens with zero attached hydrogens (tertiary/aromatic N) is 6. The fourth-order valence-electron chi connectivity index (χ4n) is 2.65. The van der Waals surface area contributed by atoms with E-state index < -0.39 is 0 Å². The van der Waals surface area contributed by atoms with Crippen molar-refractivity contribution in [2.75, 3.05) is 0 Å². The second-order valence-electron chi connectivity index (χ2n) is 5.29. The van der Waals surface area contributed by atoms with E-state index in [9.17, 15) is 4.39 Å². The van der Waals surface area contributed by atoms with Gasteiger partial charge in [-0.05, 0) is 0 Å². The van der Waals surface area contributed by atoms with Crippen molar-refractivity contribution < 1.29 is 4.39 Å². The zero-order valence-corrected chi connectivity index (χ0v) is 12.2. The van der Waals surface area contributed by atoms with Crippen LogP contribution < -0.4 is 0 Å². The minimum absolute atomic E-state index is 0.302. The smallest absolute Gasteiger partial charge is 0.155 e. The Morgan fingerprint density at radius 3 is 2.23 bits per heavy atom. The zero-order valence-electron chi connectivity index (χ0n) is 12.2. The van der Waals surface area contributed by atoms with Gasteiger partial charge in [0, 0.05) is 55.0 Å². The van der Waals surface area contributed by atoms with Crippen LogP contribution in [0.1, 0.15) is 11.1 Å². The maximum atomic E-state index is 14.8. The monoisotopic (exact) mass is 296 g/mol. The molecular formula is C15H13FN6. The van der Waals surface area contributed by atoms with Crippen molar-refractivity contribution >= 4 is 6.21 Å². The van der Waals surface area contributed by atoms with Crippen LogP contribution in [0.4, 0.5) is 4.39 Å². The van der Waals surface area contributed by atoms with Gasteiger partial charge in [0.1, 0.15) is 5.69 Å². The first-order valence-electron chi connectivity index (χ1n) is 6.83. The van der Waals surface area contributed by atoms with E-state index in [4.69, 9.17) is 0 Å². The molecule has 0 N–H and O–H groups in total. The minimum Gasteiger partial charge on any atom is -0.288 e. The maximum absolute atomic E-state index is 14.8. The first-order valence-corrected chi connectivity index (χ1v) is 6.83. The van der Waals surface area contributed by atoms with Crippen molar-refractivity contribution in [2.45, 2.75) is 6.54 Å². The lowest BCUT2D eigenvalue weighted by molar-refractivity contribution is 0.610. The summed E-state index contributed by atoms with van der Waals surface area (Å²) >= 11 is 0. The predicted molar refractivity (Wildman–Crippen MR) is 79.9 cm³/mol. The van der Waals surface area contributed by atoms with E-state index in [1.165, 1.54) is 0 Å². The second kappa shape index (κ2) is 4.59. The molecule has 1 aliphatic rings. The summed E-state index contributed by atoms with van der Waals surface area (Å²) in [5.41, 5.74) is 3.81. The van der Waals surface area contributed by atoms with Gasteiger partial charge in [-0.15, -0.1) is 0 Å². The van der Waals surface area contributed by atoms with E-state index in [0.29, 0.717) is 29.1 Å². The summed E-state index contributed by atoms with van der Waals surface area (Å²) in [5, 5.41) is 8.27. The lowest BCUT2D eigenvalue weighted by atomic mass is 10.0. The highest BCUT2D eigenvalue weighted by Crippen LogP contribution is 2.33. The molecule has 0 aromatic carbocycles. The van der Waals surface area contributed by atoms with Crippen molar-refractivity contribution in [3.63, 3.8) is 0 Å². The van der Waals surface area contributed by atoms with Crippen LogP contribution in [0, 0.1) is 5.82 Å². The normalized spacial score (nSPS) is 12.9. The van der Waals surface area contributed by atoms with Crippen LogP contribution in [0.5, 0.6) is 0 Å².